The molecule has 2 heterocycles. The van der Waals surface area contributed by atoms with E-state index >= 15 is 0 Å². The molecule has 2 bridgehead atoms. The van der Waals surface area contributed by atoms with E-state index in [4.69, 9.17) is 5.73 Å². The van der Waals surface area contributed by atoms with Crippen molar-refractivity contribution >= 4 is 29.0 Å². The first kappa shape index (κ1) is 21.5. The minimum absolute atomic E-state index is 0.0369. The maximum absolute atomic E-state index is 13.3. The van der Waals surface area contributed by atoms with Crippen LogP contribution in [0.4, 0.5) is 19.0 Å². The van der Waals surface area contributed by atoms with Crippen LogP contribution >= 0.6 is 11.8 Å². The monoisotopic (exact) mass is 463 g/mol. The summed E-state index contributed by atoms with van der Waals surface area (Å²) >= 11 is -0.215. The SMILES string of the molecule is NC12CCCC(Nc3cccc4c(SC(F)(F)F)c(C#CCNC(=O)C5CC5)nn34)(C1)C2. The number of thioether (sulfide) groups is 1. The van der Waals surface area contributed by atoms with E-state index in [1.165, 1.54) is 4.52 Å². The molecule has 4 N–H and O–H groups in total. The van der Waals surface area contributed by atoms with Gasteiger partial charge in [-0.3, -0.25) is 4.79 Å². The summed E-state index contributed by atoms with van der Waals surface area (Å²) < 4.78 is 41.4. The summed E-state index contributed by atoms with van der Waals surface area (Å²) in [6, 6.07) is 5.15. The number of anilines is 1. The van der Waals surface area contributed by atoms with Crippen molar-refractivity contribution in [1.29, 1.82) is 0 Å². The van der Waals surface area contributed by atoms with Crippen molar-refractivity contribution in [2.75, 3.05) is 11.9 Å². The first-order valence-corrected chi connectivity index (χ1v) is 11.6. The Morgan fingerprint density at radius 1 is 1.31 bits per heavy atom. The number of hydrogen-bond acceptors (Lipinski definition) is 5. The summed E-state index contributed by atoms with van der Waals surface area (Å²) in [4.78, 5) is 11.7. The molecule has 2 aromatic rings. The summed E-state index contributed by atoms with van der Waals surface area (Å²) in [6.07, 6.45) is 6.44. The molecule has 0 atom stereocenters. The van der Waals surface area contributed by atoms with E-state index in [0.717, 1.165) is 44.9 Å². The molecular weight excluding hydrogens is 439 g/mol. The Morgan fingerprint density at radius 3 is 2.78 bits per heavy atom. The van der Waals surface area contributed by atoms with Crippen molar-refractivity contribution in [3.63, 3.8) is 0 Å². The van der Waals surface area contributed by atoms with Crippen LogP contribution in [-0.2, 0) is 4.79 Å². The van der Waals surface area contributed by atoms with Gasteiger partial charge in [-0.05, 0) is 74.8 Å². The number of pyridine rings is 1. The predicted octanol–water partition coefficient (Wildman–Crippen LogP) is 3.65. The number of halogens is 3. The van der Waals surface area contributed by atoms with Gasteiger partial charge in [0.25, 0.3) is 0 Å². The van der Waals surface area contributed by atoms with E-state index in [1.54, 1.807) is 12.1 Å². The number of carbonyl (C=O) groups is 1. The Labute approximate surface area is 187 Å². The molecule has 4 aliphatic carbocycles. The van der Waals surface area contributed by atoms with Crippen LogP contribution in [-0.4, -0.2) is 38.7 Å². The van der Waals surface area contributed by atoms with Gasteiger partial charge in [0.15, 0.2) is 0 Å². The number of carbonyl (C=O) groups excluding carboxylic acids is 1. The molecule has 1 amide bonds. The van der Waals surface area contributed by atoms with Crippen molar-refractivity contribution < 1.29 is 18.0 Å². The van der Waals surface area contributed by atoms with Gasteiger partial charge in [0, 0.05) is 17.0 Å². The van der Waals surface area contributed by atoms with Crippen LogP contribution < -0.4 is 16.4 Å². The first-order chi connectivity index (χ1) is 15.2. The zero-order valence-electron chi connectivity index (χ0n) is 17.4. The number of nitrogens with two attached hydrogens (primary N) is 1. The van der Waals surface area contributed by atoms with Gasteiger partial charge in [0.05, 0.1) is 17.0 Å². The van der Waals surface area contributed by atoms with Gasteiger partial charge in [-0.15, -0.1) is 0 Å². The van der Waals surface area contributed by atoms with E-state index in [2.05, 4.69) is 27.6 Å². The number of amides is 1. The van der Waals surface area contributed by atoms with Gasteiger partial charge in [-0.25, -0.2) is 4.52 Å². The lowest BCUT2D eigenvalue weighted by Gasteiger charge is -2.59. The summed E-state index contributed by atoms with van der Waals surface area (Å²) in [5.41, 5.74) is 2.01. The third-order valence-electron chi connectivity index (χ3n) is 6.44. The molecule has 0 spiro atoms. The molecule has 10 heteroatoms. The van der Waals surface area contributed by atoms with Crippen LogP contribution in [0.5, 0.6) is 0 Å². The third kappa shape index (κ3) is 4.28. The Kier molecular flexibility index (Phi) is 5.09. The lowest BCUT2D eigenvalue weighted by atomic mass is 9.55. The summed E-state index contributed by atoms with van der Waals surface area (Å²) in [6.45, 7) is 0.0755. The van der Waals surface area contributed by atoms with Crippen LogP contribution in [0, 0.1) is 17.8 Å². The van der Waals surface area contributed by atoms with E-state index in [-0.39, 0.29) is 51.8 Å². The number of nitrogens with one attached hydrogen (secondary N) is 2. The molecule has 6 rings (SSSR count). The molecule has 170 valence electrons. The van der Waals surface area contributed by atoms with Crippen molar-refractivity contribution in [2.24, 2.45) is 11.7 Å². The molecule has 4 fully saturated rings. The molecule has 0 unspecified atom stereocenters. The zero-order chi connectivity index (χ0) is 22.6. The average Bonchev–Trinajstić information content (AvgIpc) is 3.48. The highest BCUT2D eigenvalue weighted by Gasteiger charge is 2.55. The number of aromatic nitrogens is 2. The smallest absolute Gasteiger partial charge is 0.364 e. The van der Waals surface area contributed by atoms with Crippen molar-refractivity contribution in [3.05, 3.63) is 23.9 Å². The van der Waals surface area contributed by atoms with Crippen molar-refractivity contribution in [1.82, 2.24) is 14.9 Å². The highest BCUT2D eigenvalue weighted by atomic mass is 32.2. The Bertz CT molecular complexity index is 1120. The lowest BCUT2D eigenvalue weighted by Crippen LogP contribution is -2.68. The lowest BCUT2D eigenvalue weighted by molar-refractivity contribution is -0.122. The van der Waals surface area contributed by atoms with Gasteiger partial charge in [-0.2, -0.15) is 18.3 Å². The largest absolute Gasteiger partial charge is 0.446 e. The zero-order valence-corrected chi connectivity index (χ0v) is 18.2. The van der Waals surface area contributed by atoms with E-state index in [9.17, 15) is 18.0 Å². The highest BCUT2D eigenvalue weighted by Crippen LogP contribution is 2.52. The van der Waals surface area contributed by atoms with E-state index in [1.807, 2.05) is 6.07 Å². The summed E-state index contributed by atoms with van der Waals surface area (Å²) in [5.74, 6) is 6.10. The second-order valence-electron chi connectivity index (χ2n) is 9.20. The summed E-state index contributed by atoms with van der Waals surface area (Å²) in [7, 11) is 0. The molecule has 0 aromatic carbocycles. The standard InChI is InChI=1S/C22H24F3N5OS/c23-22(24,25)32-18-15(4-2-11-27-19(31)14-7-8-14)29-30-16(18)5-1-6-17(30)28-21-10-3-9-20(26,12-21)13-21/h1,5-6,14,28H,3,7-13,26H2,(H,27,31). The van der Waals surface area contributed by atoms with Crippen LogP contribution in [0.3, 0.4) is 0 Å². The van der Waals surface area contributed by atoms with Crippen molar-refractivity contribution in [2.45, 2.75) is 66.4 Å². The summed E-state index contributed by atoms with van der Waals surface area (Å²) in [5, 5.41) is 10.6. The minimum atomic E-state index is -4.47. The molecule has 4 aliphatic rings. The fourth-order valence-electron chi connectivity index (χ4n) is 5.04. The second-order valence-corrected chi connectivity index (χ2v) is 10.3. The van der Waals surface area contributed by atoms with Crippen LogP contribution in [0.2, 0.25) is 0 Å². The van der Waals surface area contributed by atoms with Gasteiger partial charge in [0.1, 0.15) is 11.5 Å². The molecule has 32 heavy (non-hydrogen) atoms. The number of nitrogens with zero attached hydrogens (tertiary/aromatic N) is 2. The van der Waals surface area contributed by atoms with E-state index < -0.39 is 5.51 Å². The Hall–Kier alpha value is -2.38. The number of rotatable bonds is 5. The van der Waals surface area contributed by atoms with E-state index in [0.29, 0.717) is 11.3 Å². The molecule has 0 radical (unpaired) electrons. The molecule has 2 aromatic heterocycles. The van der Waals surface area contributed by atoms with Crippen LogP contribution in [0.15, 0.2) is 23.1 Å². The molecule has 4 saturated carbocycles. The number of fused-ring (bicyclic) bond motifs is 3. The van der Waals surface area contributed by atoms with Gasteiger partial charge < -0.3 is 16.4 Å². The second kappa shape index (κ2) is 7.59. The topological polar surface area (TPSA) is 84.5 Å². The maximum Gasteiger partial charge on any atom is 0.446 e. The Morgan fingerprint density at radius 2 is 2.09 bits per heavy atom. The van der Waals surface area contributed by atoms with Crippen molar-refractivity contribution in [3.8, 4) is 11.8 Å². The molecule has 0 saturated heterocycles. The third-order valence-corrected chi connectivity index (χ3v) is 7.28. The van der Waals surface area contributed by atoms with Gasteiger partial charge in [-0.1, -0.05) is 12.0 Å². The number of alkyl halides is 3. The average molecular weight is 464 g/mol. The van der Waals surface area contributed by atoms with Gasteiger partial charge >= 0.3 is 5.51 Å². The fraction of sp³-hybridized carbons (Fsp3) is 0.545. The number of hydrogen-bond donors (Lipinski definition) is 3. The van der Waals surface area contributed by atoms with Crippen LogP contribution in [0.25, 0.3) is 5.52 Å². The Balaban J connectivity index is 1.44. The maximum atomic E-state index is 13.3. The quantitative estimate of drug-likeness (QED) is 0.466. The molecular formula is C22H24F3N5OS. The first-order valence-electron chi connectivity index (χ1n) is 10.8. The predicted molar refractivity (Wildman–Crippen MR) is 116 cm³/mol. The normalized spacial score (nSPS) is 26.8. The fourth-order valence-corrected chi connectivity index (χ4v) is 5.72. The minimum Gasteiger partial charge on any atom is -0.364 e. The molecule has 6 nitrogen and oxygen atoms in total. The molecule has 0 aliphatic heterocycles. The van der Waals surface area contributed by atoms with Crippen LogP contribution in [0.1, 0.15) is 50.6 Å². The highest BCUT2D eigenvalue weighted by molar-refractivity contribution is 8.00. The van der Waals surface area contributed by atoms with Gasteiger partial charge in [0.2, 0.25) is 5.91 Å².